The highest BCUT2D eigenvalue weighted by Gasteiger charge is 2.27. The molecule has 0 bridgehead atoms. The van der Waals surface area contributed by atoms with E-state index in [-0.39, 0.29) is 0 Å². The second-order valence-electron chi connectivity index (χ2n) is 8.17. The summed E-state index contributed by atoms with van der Waals surface area (Å²) in [4.78, 5) is 3.47. The molecule has 2 nitrogen and oxygen atoms in total. The molecule has 0 unspecified atom stereocenters. The van der Waals surface area contributed by atoms with E-state index in [0.717, 1.165) is 22.6 Å². The number of fused-ring (bicyclic) bond motifs is 1. The van der Waals surface area contributed by atoms with Crippen LogP contribution < -0.4 is 4.57 Å². The van der Waals surface area contributed by atoms with E-state index in [2.05, 4.69) is 143 Å². The average molecular weight is 424 g/mol. The van der Waals surface area contributed by atoms with Crippen molar-refractivity contribution in [1.82, 2.24) is 4.98 Å². The molecule has 0 amide bonds. The van der Waals surface area contributed by atoms with Gasteiger partial charge >= 0.3 is 0 Å². The predicted octanol–water partition coefficient (Wildman–Crippen LogP) is 7.45. The van der Waals surface area contributed by atoms with Crippen molar-refractivity contribution in [1.29, 1.82) is 0 Å². The van der Waals surface area contributed by atoms with E-state index in [1.807, 2.05) is 0 Å². The summed E-state index contributed by atoms with van der Waals surface area (Å²) in [6.45, 7) is 0. The normalized spacial score (nSPS) is 11.0. The van der Waals surface area contributed by atoms with Crippen LogP contribution in [0.25, 0.3) is 50.2 Å². The van der Waals surface area contributed by atoms with Crippen molar-refractivity contribution in [3.8, 4) is 39.3 Å². The lowest BCUT2D eigenvalue weighted by Gasteiger charge is -2.12. The Morgan fingerprint density at radius 2 is 0.939 bits per heavy atom. The lowest BCUT2D eigenvalue weighted by atomic mass is 9.98. The molecule has 0 aliphatic carbocycles. The Kier molecular flexibility index (Phi) is 4.82. The van der Waals surface area contributed by atoms with Crippen molar-refractivity contribution in [2.75, 3.05) is 0 Å². The summed E-state index contributed by atoms with van der Waals surface area (Å²) < 4.78 is 2.38. The van der Waals surface area contributed by atoms with E-state index in [4.69, 9.17) is 0 Å². The van der Waals surface area contributed by atoms with Gasteiger partial charge in [0.15, 0.2) is 0 Å². The Hall–Kier alpha value is -4.43. The molecule has 1 N–H and O–H groups in total. The molecule has 4 aromatic carbocycles. The van der Waals surface area contributed by atoms with Gasteiger partial charge in [0.2, 0.25) is 17.1 Å². The molecular weight excluding hydrogens is 400 g/mol. The maximum atomic E-state index is 3.47. The Morgan fingerprint density at radius 1 is 0.455 bits per heavy atom. The highest BCUT2D eigenvalue weighted by molar-refractivity contribution is 5.87. The fourth-order valence-electron chi connectivity index (χ4n) is 4.54. The van der Waals surface area contributed by atoms with Gasteiger partial charge in [0.25, 0.3) is 0 Å². The fourth-order valence-corrected chi connectivity index (χ4v) is 4.54. The van der Waals surface area contributed by atoms with Gasteiger partial charge in [-0.2, -0.15) is 4.57 Å². The molecule has 2 heterocycles. The quantitative estimate of drug-likeness (QED) is 0.284. The Bertz CT molecular complexity index is 1470. The number of pyridine rings is 1. The third kappa shape index (κ3) is 3.52. The van der Waals surface area contributed by atoms with Gasteiger partial charge in [-0.1, -0.05) is 78.9 Å². The largest absolute Gasteiger partial charge is 0.355 e. The first-order valence-corrected chi connectivity index (χ1v) is 11.2. The first-order valence-electron chi connectivity index (χ1n) is 11.2. The van der Waals surface area contributed by atoms with E-state index in [9.17, 15) is 0 Å². The van der Waals surface area contributed by atoms with Gasteiger partial charge in [0.1, 0.15) is 0 Å². The Morgan fingerprint density at radius 3 is 1.52 bits per heavy atom. The minimum atomic E-state index is 1.13. The third-order valence-electron chi connectivity index (χ3n) is 6.12. The first kappa shape index (κ1) is 19.3. The van der Waals surface area contributed by atoms with E-state index in [0.29, 0.717) is 0 Å². The molecule has 0 saturated carbocycles. The van der Waals surface area contributed by atoms with Crippen LogP contribution in [0.1, 0.15) is 0 Å². The fraction of sp³-hybridized carbons (Fsp3) is 0. The topological polar surface area (TPSA) is 19.7 Å². The van der Waals surface area contributed by atoms with E-state index in [1.54, 1.807) is 0 Å². The number of benzene rings is 4. The molecule has 33 heavy (non-hydrogen) atoms. The van der Waals surface area contributed by atoms with Gasteiger partial charge < -0.3 is 4.98 Å². The van der Waals surface area contributed by atoms with Crippen LogP contribution in [0.5, 0.6) is 0 Å². The summed E-state index contributed by atoms with van der Waals surface area (Å²) in [6, 6.07) is 45.0. The van der Waals surface area contributed by atoms with Crippen LogP contribution in [-0.4, -0.2) is 4.98 Å². The Labute approximate surface area is 193 Å². The number of H-pyrrole nitrogens is 1. The summed E-state index contributed by atoms with van der Waals surface area (Å²) in [5.74, 6) is 0. The van der Waals surface area contributed by atoms with Gasteiger partial charge in [0, 0.05) is 23.3 Å². The maximum Gasteiger partial charge on any atom is 0.237 e. The van der Waals surface area contributed by atoms with Crippen molar-refractivity contribution in [3.63, 3.8) is 0 Å². The number of aromatic amines is 1. The summed E-state index contributed by atoms with van der Waals surface area (Å²) in [5.41, 5.74) is 9.34. The number of nitrogens with one attached hydrogen (secondary N) is 1. The maximum absolute atomic E-state index is 3.47. The molecule has 0 spiro atoms. The van der Waals surface area contributed by atoms with E-state index >= 15 is 0 Å². The highest BCUT2D eigenvalue weighted by atomic mass is 15.0. The van der Waals surface area contributed by atoms with Gasteiger partial charge in [-0.05, 0) is 47.5 Å². The molecule has 156 valence electrons. The minimum absolute atomic E-state index is 1.13. The lowest BCUT2D eigenvalue weighted by molar-refractivity contribution is -0.570. The number of hydrogen-bond donors (Lipinski definition) is 1. The van der Waals surface area contributed by atoms with Crippen LogP contribution in [-0.2, 0) is 0 Å². The van der Waals surface area contributed by atoms with Crippen LogP contribution in [0.4, 0.5) is 0 Å². The molecule has 2 heteroatoms. The third-order valence-corrected chi connectivity index (χ3v) is 6.12. The summed E-state index contributed by atoms with van der Waals surface area (Å²) in [5, 5.41) is 1.20. The molecular formula is C31H23N2+. The number of para-hydroxylation sites is 1. The first-order chi connectivity index (χ1) is 16.4. The SMILES string of the molecule is c1ccc(-c2cc(-c3ccccc3)[n+](-c3c[nH]c4ccccc34)c(-c3ccccc3)c2)cc1. The smallest absolute Gasteiger partial charge is 0.237 e. The zero-order valence-corrected chi connectivity index (χ0v) is 18.1. The molecule has 0 fully saturated rings. The van der Waals surface area contributed by atoms with Crippen LogP contribution >= 0.6 is 0 Å². The van der Waals surface area contributed by atoms with Gasteiger partial charge in [-0.15, -0.1) is 0 Å². The van der Waals surface area contributed by atoms with Crippen molar-refractivity contribution >= 4 is 10.9 Å². The molecule has 0 aliphatic rings. The zero-order valence-electron chi connectivity index (χ0n) is 18.1. The van der Waals surface area contributed by atoms with Crippen LogP contribution in [0.2, 0.25) is 0 Å². The highest BCUT2D eigenvalue weighted by Crippen LogP contribution is 2.31. The van der Waals surface area contributed by atoms with Crippen molar-refractivity contribution < 1.29 is 4.57 Å². The monoisotopic (exact) mass is 423 g/mol. The molecule has 2 aromatic heterocycles. The molecule has 0 radical (unpaired) electrons. The standard InChI is InChI=1S/C31H23N2/c1-4-12-23(13-5-1)26-20-29(24-14-6-2-7-15-24)33(30(21-26)25-16-8-3-9-17-25)31-22-32-28-19-11-10-18-27(28)31/h1-22,32H/q+1. The molecule has 6 aromatic rings. The second-order valence-corrected chi connectivity index (χ2v) is 8.17. The zero-order chi connectivity index (χ0) is 22.0. The van der Waals surface area contributed by atoms with Gasteiger partial charge in [-0.25, -0.2) is 0 Å². The number of aromatic nitrogens is 2. The minimum Gasteiger partial charge on any atom is -0.355 e. The Balaban J connectivity index is 1.74. The van der Waals surface area contributed by atoms with Crippen LogP contribution in [0, 0.1) is 0 Å². The second kappa shape index (κ2) is 8.25. The van der Waals surface area contributed by atoms with Gasteiger partial charge in [-0.3, -0.25) is 0 Å². The predicted molar refractivity (Wildman–Crippen MR) is 136 cm³/mol. The van der Waals surface area contributed by atoms with Crippen molar-refractivity contribution in [2.45, 2.75) is 0 Å². The number of rotatable bonds is 4. The van der Waals surface area contributed by atoms with E-state index < -0.39 is 0 Å². The average Bonchev–Trinajstić information content (AvgIpc) is 3.33. The summed E-state index contributed by atoms with van der Waals surface area (Å²) in [6.07, 6.45) is 2.12. The number of hydrogen-bond acceptors (Lipinski definition) is 0. The number of nitrogens with zero attached hydrogens (tertiary/aromatic N) is 1. The van der Waals surface area contributed by atoms with Crippen LogP contribution in [0.3, 0.4) is 0 Å². The summed E-state index contributed by atoms with van der Waals surface area (Å²) in [7, 11) is 0. The van der Waals surface area contributed by atoms with Crippen molar-refractivity contribution in [2.24, 2.45) is 0 Å². The lowest BCUT2D eigenvalue weighted by Crippen LogP contribution is -2.36. The van der Waals surface area contributed by atoms with Crippen molar-refractivity contribution in [3.05, 3.63) is 134 Å². The molecule has 6 rings (SSSR count). The van der Waals surface area contributed by atoms with Crippen LogP contribution in [0.15, 0.2) is 134 Å². The molecule has 0 atom stereocenters. The summed E-state index contributed by atoms with van der Waals surface area (Å²) >= 11 is 0. The molecule has 0 aliphatic heterocycles. The van der Waals surface area contributed by atoms with E-state index in [1.165, 1.54) is 27.6 Å². The van der Waals surface area contributed by atoms with Gasteiger partial charge in [0.05, 0.1) is 17.1 Å². The molecule has 0 saturated heterocycles.